The van der Waals surface area contributed by atoms with E-state index in [1.165, 1.54) is 10.8 Å². The maximum Gasteiger partial charge on any atom is 0.176 e. The van der Waals surface area contributed by atoms with Crippen molar-refractivity contribution in [3.05, 3.63) is 42.7 Å². The van der Waals surface area contributed by atoms with Crippen molar-refractivity contribution in [3.8, 4) is 0 Å². The highest BCUT2D eigenvalue weighted by Gasteiger charge is 2.03. The molecule has 0 saturated heterocycles. The Morgan fingerprint density at radius 3 is 2.93 bits per heavy atom. The van der Waals surface area contributed by atoms with Gasteiger partial charge < -0.3 is 4.40 Å². The maximum atomic E-state index is 4.57. The van der Waals surface area contributed by atoms with Crippen molar-refractivity contribution in [2.24, 2.45) is 0 Å². The van der Waals surface area contributed by atoms with Gasteiger partial charge >= 0.3 is 0 Å². The number of hydrogen-bond donors (Lipinski definition) is 0. The first kappa shape index (κ1) is 8.54. The summed E-state index contributed by atoms with van der Waals surface area (Å²) >= 11 is 0. The van der Waals surface area contributed by atoms with Gasteiger partial charge in [0.1, 0.15) is 5.65 Å². The molecule has 1 radical (unpaired) electrons. The molecule has 0 bridgehead atoms. The van der Waals surface area contributed by atoms with Crippen LogP contribution in [0.25, 0.3) is 16.4 Å². The van der Waals surface area contributed by atoms with Crippen molar-refractivity contribution in [1.82, 2.24) is 9.38 Å². The van der Waals surface area contributed by atoms with Gasteiger partial charge in [-0.2, -0.15) is 0 Å². The average molecular weight is 193 g/mol. The van der Waals surface area contributed by atoms with E-state index >= 15 is 0 Å². The number of imidazole rings is 1. The van der Waals surface area contributed by atoms with Crippen LogP contribution in [-0.2, 0) is 0 Å². The highest BCUT2D eigenvalue weighted by atomic mass is 15.0. The number of aromatic nitrogens is 2. The van der Waals surface area contributed by atoms with Crippen molar-refractivity contribution in [2.45, 2.75) is 6.82 Å². The van der Waals surface area contributed by atoms with E-state index in [0.717, 1.165) is 11.2 Å². The molecule has 0 spiro atoms. The predicted molar refractivity (Wildman–Crippen MR) is 64.0 cm³/mol. The minimum absolute atomic E-state index is 1.02. The molecule has 1 aromatic carbocycles. The highest BCUT2D eigenvalue weighted by molar-refractivity contribution is 6.50. The molecule has 15 heavy (non-hydrogen) atoms. The molecule has 0 unspecified atom stereocenters. The van der Waals surface area contributed by atoms with Crippen LogP contribution in [0.2, 0.25) is 6.82 Å². The lowest BCUT2D eigenvalue weighted by atomic mass is 9.79. The van der Waals surface area contributed by atoms with Gasteiger partial charge in [0.05, 0.1) is 0 Å². The molecule has 3 aromatic rings. The molecule has 0 aliphatic rings. The zero-order valence-corrected chi connectivity index (χ0v) is 8.51. The molecule has 0 aliphatic heterocycles. The maximum absolute atomic E-state index is 4.57. The van der Waals surface area contributed by atoms with Crippen molar-refractivity contribution in [1.29, 1.82) is 0 Å². The summed E-state index contributed by atoms with van der Waals surface area (Å²) < 4.78 is 2.07. The molecule has 0 saturated carbocycles. The van der Waals surface area contributed by atoms with Gasteiger partial charge in [-0.15, -0.1) is 0 Å². The Balaban J connectivity index is 2.47. The molecule has 3 rings (SSSR count). The van der Waals surface area contributed by atoms with E-state index in [1.807, 2.05) is 26.4 Å². The summed E-state index contributed by atoms with van der Waals surface area (Å²) in [6, 6.07) is 10.4. The summed E-state index contributed by atoms with van der Waals surface area (Å²) in [5.74, 6) is 0. The Morgan fingerprint density at radius 1 is 1.20 bits per heavy atom. The minimum atomic E-state index is 1.02. The first-order chi connectivity index (χ1) is 7.38. The van der Waals surface area contributed by atoms with Gasteiger partial charge in [-0.3, -0.25) is 0 Å². The van der Waals surface area contributed by atoms with Crippen molar-refractivity contribution in [2.75, 3.05) is 0 Å². The smallest absolute Gasteiger partial charge is 0.176 e. The lowest BCUT2D eigenvalue weighted by Crippen LogP contribution is -2.10. The van der Waals surface area contributed by atoms with Crippen LogP contribution < -0.4 is 5.59 Å². The highest BCUT2D eigenvalue weighted by Crippen LogP contribution is 2.17. The fraction of sp³-hybridized carbons (Fsp3) is 0.0833. The second-order valence-electron chi connectivity index (χ2n) is 3.59. The van der Waals surface area contributed by atoms with Gasteiger partial charge in [0.2, 0.25) is 0 Å². The summed E-state index contributed by atoms with van der Waals surface area (Å²) in [5.41, 5.74) is 2.05. The first-order valence-electron chi connectivity index (χ1n) is 5.04. The molecule has 71 valence electrons. The van der Waals surface area contributed by atoms with E-state index in [9.17, 15) is 0 Å². The quantitative estimate of drug-likeness (QED) is 0.539. The molecule has 0 atom stereocenters. The molecular formula is C12H10BN2. The zero-order valence-electron chi connectivity index (χ0n) is 8.51. The van der Waals surface area contributed by atoms with Gasteiger partial charge in [-0.25, -0.2) is 4.98 Å². The Morgan fingerprint density at radius 2 is 2.07 bits per heavy atom. The molecule has 0 amide bonds. The summed E-state index contributed by atoms with van der Waals surface area (Å²) in [6.07, 6.45) is 4.10. The molecule has 2 heterocycles. The third-order valence-corrected chi connectivity index (χ3v) is 2.66. The Hall–Kier alpha value is -1.77. The Kier molecular flexibility index (Phi) is 1.78. The third kappa shape index (κ3) is 1.23. The first-order valence-corrected chi connectivity index (χ1v) is 5.04. The van der Waals surface area contributed by atoms with Gasteiger partial charge in [-0.1, -0.05) is 31.1 Å². The molecule has 3 heteroatoms. The number of nitrogens with zero attached hydrogens (tertiary/aromatic N) is 2. The van der Waals surface area contributed by atoms with Crippen LogP contribution in [0.4, 0.5) is 0 Å². The van der Waals surface area contributed by atoms with Crippen LogP contribution in [0.15, 0.2) is 42.7 Å². The summed E-state index contributed by atoms with van der Waals surface area (Å²) in [6.45, 7) is 2.00. The average Bonchev–Trinajstić information content (AvgIpc) is 2.72. The number of hydrogen-bond acceptors (Lipinski definition) is 1. The number of fused-ring (bicyclic) bond motifs is 3. The van der Waals surface area contributed by atoms with Crippen LogP contribution >= 0.6 is 0 Å². The normalized spacial score (nSPS) is 11.0. The van der Waals surface area contributed by atoms with Crippen LogP contribution in [-0.4, -0.2) is 16.7 Å². The number of rotatable bonds is 1. The molecule has 0 aliphatic carbocycles. The van der Waals surface area contributed by atoms with Crippen LogP contribution in [0.3, 0.4) is 0 Å². The summed E-state index contributed by atoms with van der Waals surface area (Å²) in [4.78, 5) is 4.57. The number of pyridine rings is 1. The van der Waals surface area contributed by atoms with E-state index < -0.39 is 0 Å². The monoisotopic (exact) mass is 193 g/mol. The fourth-order valence-electron chi connectivity index (χ4n) is 1.87. The molecule has 2 nitrogen and oxygen atoms in total. The van der Waals surface area contributed by atoms with E-state index in [1.54, 1.807) is 0 Å². The third-order valence-electron chi connectivity index (χ3n) is 2.66. The summed E-state index contributed by atoms with van der Waals surface area (Å²) in [7, 11) is 2.02. The van der Waals surface area contributed by atoms with E-state index in [-0.39, 0.29) is 0 Å². The van der Waals surface area contributed by atoms with Gasteiger partial charge in [-0.05, 0) is 11.5 Å². The zero-order chi connectivity index (χ0) is 10.3. The Bertz CT molecular complexity index is 628. The van der Waals surface area contributed by atoms with Crippen LogP contribution in [0.5, 0.6) is 0 Å². The van der Waals surface area contributed by atoms with Gasteiger partial charge in [0.25, 0.3) is 0 Å². The van der Waals surface area contributed by atoms with Crippen LogP contribution in [0.1, 0.15) is 0 Å². The standard InChI is InChI=1S/C12H10BN2/c1-13-11-8-15-7-6-9-4-2-3-5-10(9)12(15)14-11/h2-8H,1H3. The van der Waals surface area contributed by atoms with E-state index in [4.69, 9.17) is 0 Å². The second kappa shape index (κ2) is 3.12. The molecular weight excluding hydrogens is 183 g/mol. The lowest BCUT2D eigenvalue weighted by Gasteiger charge is -1.98. The Labute approximate surface area is 88.8 Å². The SMILES string of the molecule is C[B]c1cn2ccc3ccccc3c2n1. The van der Waals surface area contributed by atoms with Gasteiger partial charge in [0.15, 0.2) is 7.28 Å². The second-order valence-corrected chi connectivity index (χ2v) is 3.59. The largest absolute Gasteiger partial charge is 0.307 e. The van der Waals surface area contributed by atoms with Gasteiger partial charge in [0, 0.05) is 23.4 Å². The lowest BCUT2D eigenvalue weighted by molar-refractivity contribution is 1.20. The molecule has 0 fully saturated rings. The van der Waals surface area contributed by atoms with Crippen molar-refractivity contribution in [3.63, 3.8) is 0 Å². The molecule has 0 N–H and O–H groups in total. The van der Waals surface area contributed by atoms with Crippen molar-refractivity contribution >= 4 is 29.3 Å². The molecule has 2 aromatic heterocycles. The number of benzene rings is 1. The predicted octanol–water partition coefficient (Wildman–Crippen LogP) is 1.87. The topological polar surface area (TPSA) is 17.3 Å². The summed E-state index contributed by atoms with van der Waals surface area (Å²) in [5, 5.41) is 2.44. The van der Waals surface area contributed by atoms with Crippen LogP contribution in [0, 0.1) is 0 Å². The van der Waals surface area contributed by atoms with Crippen molar-refractivity contribution < 1.29 is 0 Å². The fourth-order valence-corrected chi connectivity index (χ4v) is 1.87. The van der Waals surface area contributed by atoms with E-state index in [2.05, 4.69) is 39.8 Å². The minimum Gasteiger partial charge on any atom is -0.307 e. The van der Waals surface area contributed by atoms with E-state index in [0.29, 0.717) is 0 Å².